The average molecular weight is 396 g/mol. The number of fused-ring (bicyclic) bond motifs is 1. The van der Waals surface area contributed by atoms with Crippen molar-refractivity contribution in [3.05, 3.63) is 73.7 Å². The van der Waals surface area contributed by atoms with Crippen LogP contribution in [0.5, 0.6) is 0 Å². The summed E-state index contributed by atoms with van der Waals surface area (Å²) >= 11 is 5.12. The second-order valence-electron chi connectivity index (χ2n) is 5.63. The Morgan fingerprint density at radius 2 is 1.69 bits per heavy atom. The van der Waals surface area contributed by atoms with Crippen molar-refractivity contribution in [1.29, 1.82) is 0 Å². The van der Waals surface area contributed by atoms with Gasteiger partial charge < -0.3 is 5.32 Å². The van der Waals surface area contributed by atoms with Gasteiger partial charge >= 0.3 is 0 Å². The van der Waals surface area contributed by atoms with Gasteiger partial charge in [0.25, 0.3) is 0 Å². The molecule has 5 nitrogen and oxygen atoms in total. The Morgan fingerprint density at radius 1 is 0.885 bits per heavy atom. The summed E-state index contributed by atoms with van der Waals surface area (Å²) < 4.78 is 1.80. The molecule has 0 aliphatic heterocycles. The summed E-state index contributed by atoms with van der Waals surface area (Å²) in [5, 5.41) is 25.1. The van der Waals surface area contributed by atoms with E-state index in [4.69, 9.17) is 5.10 Å². The van der Waals surface area contributed by atoms with Crippen molar-refractivity contribution in [3.63, 3.8) is 0 Å². The Hall–Kier alpha value is -2.55. The van der Waals surface area contributed by atoms with Crippen LogP contribution in [0.1, 0.15) is 15.8 Å². The van der Waals surface area contributed by atoms with Crippen molar-refractivity contribution in [2.24, 2.45) is 0 Å². The highest BCUT2D eigenvalue weighted by atomic mass is 32.1. The molecule has 0 aliphatic rings. The van der Waals surface area contributed by atoms with E-state index in [1.54, 1.807) is 38.5 Å². The Labute approximate surface area is 161 Å². The largest absolute Gasteiger partial charge is 0.356 e. The summed E-state index contributed by atoms with van der Waals surface area (Å²) in [5.74, 6) is 1.55. The maximum absolute atomic E-state index is 4.75. The average Bonchev–Trinajstić information content (AvgIpc) is 3.47. The molecule has 0 amide bonds. The van der Waals surface area contributed by atoms with E-state index in [-0.39, 0.29) is 6.04 Å². The van der Waals surface area contributed by atoms with Crippen LogP contribution in [-0.2, 0) is 0 Å². The van der Waals surface area contributed by atoms with Gasteiger partial charge in [-0.15, -0.1) is 38.0 Å². The van der Waals surface area contributed by atoms with E-state index in [1.165, 1.54) is 9.75 Å². The Balaban J connectivity index is 1.55. The molecule has 8 heteroatoms. The third-order valence-corrected chi connectivity index (χ3v) is 6.55. The molecular weight excluding hydrogens is 382 g/mol. The Bertz CT molecular complexity index is 1080. The lowest BCUT2D eigenvalue weighted by Crippen LogP contribution is -2.12. The van der Waals surface area contributed by atoms with Gasteiger partial charge in [0.15, 0.2) is 11.5 Å². The van der Waals surface area contributed by atoms with Crippen molar-refractivity contribution >= 4 is 45.5 Å². The van der Waals surface area contributed by atoms with Crippen molar-refractivity contribution in [2.45, 2.75) is 6.04 Å². The maximum Gasteiger partial charge on any atom is 0.186 e. The van der Waals surface area contributed by atoms with Crippen LogP contribution in [0.2, 0.25) is 0 Å². The number of hydrogen-bond donors (Lipinski definition) is 1. The van der Waals surface area contributed by atoms with Crippen LogP contribution in [-0.4, -0.2) is 19.8 Å². The fourth-order valence-electron chi connectivity index (χ4n) is 2.78. The highest BCUT2D eigenvalue weighted by Gasteiger charge is 2.18. The molecular formula is C18H13N5S3. The summed E-state index contributed by atoms with van der Waals surface area (Å²) in [5.41, 5.74) is 1.76. The Morgan fingerprint density at radius 3 is 2.35 bits per heavy atom. The zero-order valence-electron chi connectivity index (χ0n) is 13.4. The lowest BCUT2D eigenvalue weighted by molar-refractivity contribution is 0.898. The van der Waals surface area contributed by atoms with Crippen LogP contribution in [0.15, 0.2) is 64.0 Å². The van der Waals surface area contributed by atoms with Crippen molar-refractivity contribution < 1.29 is 0 Å². The summed E-state index contributed by atoms with van der Waals surface area (Å²) in [6.07, 6.45) is 0. The van der Waals surface area contributed by atoms with Gasteiger partial charge in [-0.05, 0) is 46.5 Å². The quantitative estimate of drug-likeness (QED) is 0.446. The maximum atomic E-state index is 4.75. The van der Waals surface area contributed by atoms with E-state index >= 15 is 0 Å². The smallest absolute Gasteiger partial charge is 0.186 e. The van der Waals surface area contributed by atoms with Crippen LogP contribution in [0, 0.1) is 0 Å². The van der Waals surface area contributed by atoms with Crippen LogP contribution >= 0.6 is 34.0 Å². The molecule has 0 bridgehead atoms. The second-order valence-corrected chi connectivity index (χ2v) is 8.37. The molecule has 5 heterocycles. The zero-order chi connectivity index (χ0) is 17.3. The van der Waals surface area contributed by atoms with Crippen LogP contribution in [0.25, 0.3) is 17.0 Å². The predicted molar refractivity (Wildman–Crippen MR) is 108 cm³/mol. The minimum Gasteiger partial charge on any atom is -0.356 e. The van der Waals surface area contributed by atoms with Crippen molar-refractivity contribution in [3.8, 4) is 11.4 Å². The molecule has 5 rings (SSSR count). The molecule has 128 valence electrons. The minimum absolute atomic E-state index is 0.0843. The molecule has 5 aromatic heterocycles. The fraction of sp³-hybridized carbons (Fsp3) is 0.0556. The zero-order valence-corrected chi connectivity index (χ0v) is 15.9. The van der Waals surface area contributed by atoms with Gasteiger partial charge in [0.05, 0.1) is 6.04 Å². The number of anilines is 1. The molecule has 1 N–H and O–H groups in total. The third kappa shape index (κ3) is 2.82. The summed E-state index contributed by atoms with van der Waals surface area (Å²) in [7, 11) is 0. The SMILES string of the molecule is c1csc(C(Nc2ccc3nnc(-c4ccsc4)n3n2)c2cccs2)c1. The first-order chi connectivity index (χ1) is 12.9. The van der Waals surface area contributed by atoms with E-state index in [0.717, 1.165) is 22.9 Å². The van der Waals surface area contributed by atoms with Gasteiger partial charge in [0, 0.05) is 20.7 Å². The van der Waals surface area contributed by atoms with Gasteiger partial charge in [0.2, 0.25) is 0 Å². The molecule has 0 aliphatic carbocycles. The number of hydrogen-bond acceptors (Lipinski definition) is 7. The standard InChI is InChI=1S/C18H13N5S3/c1-3-13(25-8-1)17(14-4-2-9-26-14)19-15-5-6-16-20-21-18(23(16)22-15)12-7-10-24-11-12/h1-11,17H,(H,19,22). The van der Waals surface area contributed by atoms with E-state index in [2.05, 4.69) is 55.9 Å². The summed E-state index contributed by atoms with van der Waals surface area (Å²) in [6, 6.07) is 14.5. The highest BCUT2D eigenvalue weighted by Crippen LogP contribution is 2.32. The monoisotopic (exact) mass is 395 g/mol. The molecule has 0 fully saturated rings. The molecule has 0 saturated carbocycles. The number of nitrogens with zero attached hydrogens (tertiary/aromatic N) is 4. The van der Waals surface area contributed by atoms with E-state index in [1.807, 2.05) is 23.6 Å². The van der Waals surface area contributed by atoms with Gasteiger partial charge in [0.1, 0.15) is 5.82 Å². The minimum atomic E-state index is 0.0843. The van der Waals surface area contributed by atoms with Crippen LogP contribution in [0.3, 0.4) is 0 Å². The molecule has 0 saturated heterocycles. The second kappa shape index (κ2) is 6.64. The van der Waals surface area contributed by atoms with Crippen LogP contribution in [0.4, 0.5) is 5.82 Å². The van der Waals surface area contributed by atoms with Gasteiger partial charge in [-0.1, -0.05) is 12.1 Å². The molecule has 26 heavy (non-hydrogen) atoms. The van der Waals surface area contributed by atoms with Crippen LogP contribution < -0.4 is 5.32 Å². The lowest BCUT2D eigenvalue weighted by Gasteiger charge is -2.16. The lowest BCUT2D eigenvalue weighted by atomic mass is 10.2. The number of thiophene rings is 3. The molecule has 0 spiro atoms. The van der Waals surface area contributed by atoms with E-state index in [9.17, 15) is 0 Å². The summed E-state index contributed by atoms with van der Waals surface area (Å²) in [6.45, 7) is 0. The van der Waals surface area contributed by atoms with E-state index in [0.29, 0.717) is 0 Å². The summed E-state index contributed by atoms with van der Waals surface area (Å²) in [4.78, 5) is 2.52. The van der Waals surface area contributed by atoms with Gasteiger partial charge in [-0.25, -0.2) is 0 Å². The van der Waals surface area contributed by atoms with Gasteiger partial charge in [-0.2, -0.15) is 15.9 Å². The number of nitrogens with one attached hydrogen (secondary N) is 1. The molecule has 0 unspecified atom stereocenters. The number of rotatable bonds is 5. The first-order valence-corrected chi connectivity index (χ1v) is 10.7. The first-order valence-electron chi connectivity index (χ1n) is 7.97. The molecule has 0 atom stereocenters. The van der Waals surface area contributed by atoms with E-state index < -0.39 is 0 Å². The van der Waals surface area contributed by atoms with Crippen molar-refractivity contribution in [1.82, 2.24) is 19.8 Å². The topological polar surface area (TPSA) is 55.1 Å². The number of aromatic nitrogens is 4. The predicted octanol–water partition coefficient (Wildman–Crippen LogP) is 5.18. The first kappa shape index (κ1) is 15.7. The van der Waals surface area contributed by atoms with Gasteiger partial charge in [-0.3, -0.25) is 0 Å². The molecule has 0 aromatic carbocycles. The molecule has 0 radical (unpaired) electrons. The third-order valence-electron chi connectivity index (χ3n) is 3.99. The highest BCUT2D eigenvalue weighted by molar-refractivity contribution is 7.11. The normalized spacial score (nSPS) is 11.4. The fourth-order valence-corrected chi connectivity index (χ4v) is 5.07. The Kier molecular flexibility index (Phi) is 4.00. The van der Waals surface area contributed by atoms with Crippen molar-refractivity contribution in [2.75, 3.05) is 5.32 Å². The molecule has 5 aromatic rings.